The Hall–Kier alpha value is -3.18. The lowest BCUT2D eigenvalue weighted by Crippen LogP contribution is -1.97. The SMILES string of the molecule is COc1ccc(N=c2nc(-c3ccccc3)n(-c3ccc(C)cc3)s2)cc1. The van der Waals surface area contributed by atoms with Gasteiger partial charge in [0, 0.05) is 5.56 Å². The molecule has 27 heavy (non-hydrogen) atoms. The molecule has 0 aliphatic carbocycles. The topological polar surface area (TPSA) is 39.4 Å². The van der Waals surface area contributed by atoms with Gasteiger partial charge in [-0.25, -0.2) is 8.95 Å². The maximum atomic E-state index is 5.21. The van der Waals surface area contributed by atoms with Gasteiger partial charge in [-0.1, -0.05) is 48.0 Å². The molecule has 1 aromatic heterocycles. The third-order valence-corrected chi connectivity index (χ3v) is 5.08. The second-order valence-electron chi connectivity index (χ2n) is 6.12. The average Bonchev–Trinajstić information content (AvgIpc) is 3.13. The molecule has 1 heterocycles. The molecular formula is C22H19N3OS. The maximum absolute atomic E-state index is 5.21. The van der Waals surface area contributed by atoms with Gasteiger partial charge in [-0.05, 0) is 54.9 Å². The molecule has 3 aromatic carbocycles. The van der Waals surface area contributed by atoms with E-state index in [4.69, 9.17) is 14.7 Å². The molecule has 4 nitrogen and oxygen atoms in total. The Morgan fingerprint density at radius 2 is 1.59 bits per heavy atom. The third-order valence-electron chi connectivity index (χ3n) is 4.16. The Morgan fingerprint density at radius 1 is 0.889 bits per heavy atom. The lowest BCUT2D eigenvalue weighted by molar-refractivity contribution is 0.415. The predicted molar refractivity (Wildman–Crippen MR) is 110 cm³/mol. The fraction of sp³-hybridized carbons (Fsp3) is 0.0909. The van der Waals surface area contributed by atoms with Crippen LogP contribution >= 0.6 is 11.5 Å². The van der Waals surface area contributed by atoms with E-state index in [2.05, 4.69) is 47.3 Å². The van der Waals surface area contributed by atoms with Crippen LogP contribution in [0.4, 0.5) is 5.69 Å². The van der Waals surface area contributed by atoms with E-state index >= 15 is 0 Å². The van der Waals surface area contributed by atoms with Gasteiger partial charge in [0.25, 0.3) is 0 Å². The average molecular weight is 373 g/mol. The van der Waals surface area contributed by atoms with Gasteiger partial charge in [0.05, 0.1) is 18.5 Å². The van der Waals surface area contributed by atoms with E-state index < -0.39 is 0 Å². The summed E-state index contributed by atoms with van der Waals surface area (Å²) in [6, 6.07) is 26.3. The Morgan fingerprint density at radius 3 is 2.26 bits per heavy atom. The van der Waals surface area contributed by atoms with Crippen molar-refractivity contribution in [2.75, 3.05) is 7.11 Å². The van der Waals surface area contributed by atoms with Crippen LogP contribution in [-0.2, 0) is 0 Å². The van der Waals surface area contributed by atoms with Crippen LogP contribution in [0.3, 0.4) is 0 Å². The number of aryl methyl sites for hydroxylation is 1. The van der Waals surface area contributed by atoms with Gasteiger partial charge in [0.1, 0.15) is 5.75 Å². The monoisotopic (exact) mass is 373 g/mol. The number of rotatable bonds is 4. The van der Waals surface area contributed by atoms with Crippen molar-refractivity contribution in [3.63, 3.8) is 0 Å². The summed E-state index contributed by atoms with van der Waals surface area (Å²) in [6.07, 6.45) is 0. The zero-order valence-electron chi connectivity index (χ0n) is 15.2. The van der Waals surface area contributed by atoms with Gasteiger partial charge in [-0.2, -0.15) is 4.98 Å². The van der Waals surface area contributed by atoms with Crippen molar-refractivity contribution in [1.82, 2.24) is 8.94 Å². The number of hydrogen-bond donors (Lipinski definition) is 0. The molecule has 0 saturated carbocycles. The van der Waals surface area contributed by atoms with Crippen LogP contribution < -0.4 is 9.54 Å². The van der Waals surface area contributed by atoms with Gasteiger partial charge >= 0.3 is 0 Å². The van der Waals surface area contributed by atoms with Crippen molar-refractivity contribution in [3.8, 4) is 22.8 Å². The maximum Gasteiger partial charge on any atom is 0.228 e. The number of benzene rings is 3. The van der Waals surface area contributed by atoms with Crippen LogP contribution in [0.5, 0.6) is 5.75 Å². The molecule has 0 aliphatic heterocycles. The van der Waals surface area contributed by atoms with E-state index in [9.17, 15) is 0 Å². The molecule has 4 rings (SSSR count). The molecule has 4 aromatic rings. The number of nitrogens with zero attached hydrogens (tertiary/aromatic N) is 3. The molecule has 0 aliphatic rings. The molecule has 0 saturated heterocycles. The predicted octanol–water partition coefficient (Wildman–Crippen LogP) is 5.15. The number of methoxy groups -OCH3 is 1. The van der Waals surface area contributed by atoms with Crippen molar-refractivity contribution >= 4 is 17.2 Å². The lowest BCUT2D eigenvalue weighted by atomic mass is 10.2. The second-order valence-corrected chi connectivity index (χ2v) is 7.03. The Labute approximate surface area is 162 Å². The highest BCUT2D eigenvalue weighted by atomic mass is 32.1. The summed E-state index contributed by atoms with van der Waals surface area (Å²) in [7, 11) is 1.66. The Bertz CT molecular complexity index is 1100. The van der Waals surface area contributed by atoms with Crippen LogP contribution in [0.1, 0.15) is 5.56 Å². The molecule has 134 valence electrons. The van der Waals surface area contributed by atoms with Crippen LogP contribution in [-0.4, -0.2) is 16.1 Å². The van der Waals surface area contributed by atoms with Crippen LogP contribution in [0.2, 0.25) is 0 Å². The molecule has 0 spiro atoms. The van der Waals surface area contributed by atoms with Gasteiger partial charge in [0.15, 0.2) is 5.82 Å². The first-order valence-corrected chi connectivity index (χ1v) is 9.42. The van der Waals surface area contributed by atoms with Crippen molar-refractivity contribution in [3.05, 3.63) is 89.2 Å². The normalized spacial score (nSPS) is 11.6. The van der Waals surface area contributed by atoms with Gasteiger partial charge < -0.3 is 4.74 Å². The smallest absolute Gasteiger partial charge is 0.228 e. The van der Waals surface area contributed by atoms with Gasteiger partial charge in [-0.15, -0.1) is 0 Å². The van der Waals surface area contributed by atoms with Crippen molar-refractivity contribution in [2.24, 2.45) is 4.99 Å². The van der Waals surface area contributed by atoms with Crippen LogP contribution in [0.15, 0.2) is 83.9 Å². The molecule has 0 fully saturated rings. The molecular weight excluding hydrogens is 354 g/mol. The number of hydrogen-bond acceptors (Lipinski definition) is 4. The fourth-order valence-corrected chi connectivity index (χ4v) is 3.61. The Kier molecular flexibility index (Phi) is 4.85. The standard InChI is InChI=1S/C22H19N3OS/c1-16-8-12-19(13-9-16)25-21(17-6-4-3-5-7-17)24-22(27-25)23-18-10-14-20(26-2)15-11-18/h3-15H,1-2H3. The van der Waals surface area contributed by atoms with Gasteiger partial charge in [0.2, 0.25) is 4.80 Å². The molecule has 0 N–H and O–H groups in total. The summed E-state index contributed by atoms with van der Waals surface area (Å²) >= 11 is 1.53. The second kappa shape index (κ2) is 7.60. The zero-order chi connectivity index (χ0) is 18.6. The van der Waals surface area contributed by atoms with E-state index in [0.29, 0.717) is 4.80 Å². The highest BCUT2D eigenvalue weighted by molar-refractivity contribution is 7.04. The van der Waals surface area contributed by atoms with Crippen molar-refractivity contribution < 1.29 is 4.74 Å². The van der Waals surface area contributed by atoms with Crippen molar-refractivity contribution in [2.45, 2.75) is 6.92 Å². The summed E-state index contributed by atoms with van der Waals surface area (Å²) < 4.78 is 7.33. The van der Waals surface area contributed by atoms with E-state index in [0.717, 1.165) is 28.5 Å². The quantitative estimate of drug-likeness (QED) is 0.496. The Balaban J connectivity index is 1.84. The molecule has 0 bridgehead atoms. The largest absolute Gasteiger partial charge is 0.497 e. The number of aromatic nitrogens is 2. The minimum atomic E-state index is 0.708. The summed E-state index contributed by atoms with van der Waals surface area (Å²) in [4.78, 5) is 10.2. The van der Waals surface area contributed by atoms with E-state index in [1.165, 1.54) is 17.1 Å². The van der Waals surface area contributed by atoms with E-state index in [-0.39, 0.29) is 0 Å². The molecule has 5 heteroatoms. The summed E-state index contributed by atoms with van der Waals surface area (Å²) in [5, 5.41) is 0. The van der Waals surface area contributed by atoms with Crippen LogP contribution in [0, 0.1) is 6.92 Å². The van der Waals surface area contributed by atoms with Crippen molar-refractivity contribution in [1.29, 1.82) is 0 Å². The number of ether oxygens (including phenoxy) is 1. The highest BCUT2D eigenvalue weighted by Crippen LogP contribution is 2.23. The first-order chi connectivity index (χ1) is 13.2. The summed E-state index contributed by atoms with van der Waals surface area (Å²) in [5.74, 6) is 1.70. The lowest BCUT2D eigenvalue weighted by Gasteiger charge is -2.06. The fourth-order valence-electron chi connectivity index (χ4n) is 2.72. The van der Waals surface area contributed by atoms with E-state index in [1.54, 1.807) is 7.11 Å². The summed E-state index contributed by atoms with van der Waals surface area (Å²) in [6.45, 7) is 2.09. The molecule has 0 atom stereocenters. The third kappa shape index (κ3) is 3.83. The van der Waals surface area contributed by atoms with Crippen LogP contribution in [0.25, 0.3) is 17.1 Å². The summed E-state index contributed by atoms with van der Waals surface area (Å²) in [5.41, 5.74) is 4.21. The van der Waals surface area contributed by atoms with E-state index in [1.807, 2.05) is 42.5 Å². The molecule has 0 radical (unpaired) electrons. The first kappa shape index (κ1) is 17.2. The first-order valence-electron chi connectivity index (χ1n) is 8.64. The van der Waals surface area contributed by atoms with Gasteiger partial charge in [-0.3, -0.25) is 0 Å². The zero-order valence-corrected chi connectivity index (χ0v) is 16.0. The minimum absolute atomic E-state index is 0.708. The molecule has 0 amide bonds. The highest BCUT2D eigenvalue weighted by Gasteiger charge is 2.10. The minimum Gasteiger partial charge on any atom is -0.497 e. The molecule has 0 unspecified atom stereocenters.